The number of nitrogens with zero attached hydrogens (tertiary/aromatic N) is 1. The first-order valence-corrected chi connectivity index (χ1v) is 6.23. The third kappa shape index (κ3) is 2.81. The lowest BCUT2D eigenvalue weighted by Crippen LogP contribution is -2.10. The largest absolute Gasteiger partial charge is 0.378 e. The number of thiophene rings is 1. The van der Waals surface area contributed by atoms with E-state index in [9.17, 15) is 4.79 Å². The van der Waals surface area contributed by atoms with Crippen molar-refractivity contribution in [1.29, 1.82) is 0 Å². The lowest BCUT2D eigenvalue weighted by atomic mass is 10.3. The molecular weight excluding hydrogens is 236 g/mol. The van der Waals surface area contributed by atoms with Gasteiger partial charge in [-0.2, -0.15) is 0 Å². The molecule has 2 heterocycles. The van der Waals surface area contributed by atoms with E-state index in [2.05, 4.69) is 23.0 Å². The summed E-state index contributed by atoms with van der Waals surface area (Å²) in [6.45, 7) is 2.45. The third-order valence-corrected chi connectivity index (χ3v) is 3.57. The summed E-state index contributed by atoms with van der Waals surface area (Å²) in [6.07, 6.45) is 0.993. The second-order valence-corrected chi connectivity index (χ2v) is 4.81. The van der Waals surface area contributed by atoms with E-state index in [0.29, 0.717) is 18.1 Å². The molecule has 0 bridgehead atoms. The molecule has 90 valence electrons. The first-order valence-electron chi connectivity index (χ1n) is 5.41. The van der Waals surface area contributed by atoms with Crippen LogP contribution in [0.3, 0.4) is 0 Å². The number of aromatic amines is 1. The van der Waals surface area contributed by atoms with Crippen LogP contribution < -0.4 is 5.56 Å². The maximum absolute atomic E-state index is 11.5. The van der Waals surface area contributed by atoms with Crippen LogP contribution in [-0.2, 0) is 17.8 Å². The molecule has 0 aliphatic carbocycles. The Morgan fingerprint density at radius 1 is 1.47 bits per heavy atom. The number of H-pyrrole nitrogens is 1. The van der Waals surface area contributed by atoms with Crippen molar-refractivity contribution >= 4 is 11.3 Å². The van der Waals surface area contributed by atoms with Gasteiger partial charge >= 0.3 is 0 Å². The lowest BCUT2D eigenvalue weighted by Gasteiger charge is -2.01. The van der Waals surface area contributed by atoms with E-state index >= 15 is 0 Å². The second kappa shape index (κ2) is 5.25. The summed E-state index contributed by atoms with van der Waals surface area (Å²) in [4.78, 5) is 20.9. The van der Waals surface area contributed by atoms with Crippen molar-refractivity contribution in [3.8, 4) is 10.7 Å². The molecule has 0 radical (unpaired) electrons. The lowest BCUT2D eigenvalue weighted by molar-refractivity contribution is 0.181. The minimum absolute atomic E-state index is 0.145. The number of methoxy groups -OCH3 is 1. The Morgan fingerprint density at radius 3 is 2.94 bits per heavy atom. The van der Waals surface area contributed by atoms with E-state index < -0.39 is 0 Å². The van der Waals surface area contributed by atoms with Crippen LogP contribution in [0.5, 0.6) is 0 Å². The second-order valence-electron chi connectivity index (χ2n) is 3.64. The average Bonchev–Trinajstić information content (AvgIpc) is 2.77. The fraction of sp³-hybridized carbons (Fsp3) is 0.333. The van der Waals surface area contributed by atoms with Crippen LogP contribution in [0.15, 0.2) is 23.0 Å². The molecule has 0 spiro atoms. The molecule has 0 aromatic carbocycles. The number of aromatic nitrogens is 2. The van der Waals surface area contributed by atoms with Crippen molar-refractivity contribution < 1.29 is 4.74 Å². The van der Waals surface area contributed by atoms with Crippen molar-refractivity contribution in [3.05, 3.63) is 39.1 Å². The molecule has 2 aromatic rings. The number of ether oxygens (including phenoxy) is 1. The van der Waals surface area contributed by atoms with Crippen molar-refractivity contribution in [2.75, 3.05) is 7.11 Å². The van der Waals surface area contributed by atoms with Crippen LogP contribution in [0.4, 0.5) is 0 Å². The minimum Gasteiger partial charge on any atom is -0.378 e. The zero-order valence-electron chi connectivity index (χ0n) is 9.82. The van der Waals surface area contributed by atoms with Crippen LogP contribution >= 0.6 is 11.3 Å². The maximum Gasteiger partial charge on any atom is 0.251 e. The molecule has 5 heteroatoms. The number of hydrogen-bond donors (Lipinski definition) is 1. The highest BCUT2D eigenvalue weighted by Crippen LogP contribution is 2.25. The van der Waals surface area contributed by atoms with Crippen LogP contribution in [-0.4, -0.2) is 17.1 Å². The molecule has 0 amide bonds. The summed E-state index contributed by atoms with van der Waals surface area (Å²) >= 11 is 1.65. The molecule has 0 saturated carbocycles. The molecule has 0 atom stereocenters. The summed E-state index contributed by atoms with van der Waals surface area (Å²) < 4.78 is 4.99. The SMILES string of the molecule is CCc1ccc(-c2nc(COC)cc(=O)[nH]2)s1. The molecule has 0 saturated heterocycles. The van der Waals surface area contributed by atoms with Gasteiger partial charge in [-0.05, 0) is 18.6 Å². The van der Waals surface area contributed by atoms with Crippen molar-refractivity contribution in [1.82, 2.24) is 9.97 Å². The highest BCUT2D eigenvalue weighted by atomic mass is 32.1. The topological polar surface area (TPSA) is 55.0 Å². The fourth-order valence-corrected chi connectivity index (χ4v) is 2.43. The molecule has 1 N–H and O–H groups in total. The molecule has 0 aliphatic heterocycles. The summed E-state index contributed by atoms with van der Waals surface area (Å²) in [6, 6.07) is 5.50. The van der Waals surface area contributed by atoms with E-state index in [0.717, 1.165) is 11.3 Å². The van der Waals surface area contributed by atoms with Crippen LogP contribution in [0, 0.1) is 0 Å². The van der Waals surface area contributed by atoms with Gasteiger partial charge in [0.05, 0.1) is 17.2 Å². The Hall–Kier alpha value is -1.46. The predicted octanol–water partition coefficient (Wildman–Crippen LogP) is 2.21. The molecule has 17 heavy (non-hydrogen) atoms. The highest BCUT2D eigenvalue weighted by molar-refractivity contribution is 7.15. The summed E-state index contributed by atoms with van der Waals surface area (Å²) in [5.41, 5.74) is 0.506. The summed E-state index contributed by atoms with van der Waals surface area (Å²) in [5.74, 6) is 0.620. The number of hydrogen-bond acceptors (Lipinski definition) is 4. The van der Waals surface area contributed by atoms with Crippen LogP contribution in [0.2, 0.25) is 0 Å². The summed E-state index contributed by atoms with van der Waals surface area (Å²) in [5, 5.41) is 0. The average molecular weight is 250 g/mol. The van der Waals surface area contributed by atoms with Gasteiger partial charge < -0.3 is 9.72 Å². The van der Waals surface area contributed by atoms with Gasteiger partial charge in [-0.3, -0.25) is 4.79 Å². The zero-order valence-corrected chi connectivity index (χ0v) is 10.6. The van der Waals surface area contributed by atoms with E-state index in [1.165, 1.54) is 10.9 Å². The monoisotopic (exact) mass is 250 g/mol. The Bertz CT molecular complexity index is 560. The van der Waals surface area contributed by atoms with Gasteiger partial charge in [0, 0.05) is 18.1 Å². The first-order chi connectivity index (χ1) is 8.22. The Kier molecular flexibility index (Phi) is 3.71. The fourth-order valence-electron chi connectivity index (χ4n) is 1.54. The smallest absolute Gasteiger partial charge is 0.251 e. The van der Waals surface area contributed by atoms with Gasteiger partial charge in [0.2, 0.25) is 0 Å². The normalized spacial score (nSPS) is 10.7. The quantitative estimate of drug-likeness (QED) is 0.905. The van der Waals surface area contributed by atoms with Crippen LogP contribution in [0.25, 0.3) is 10.7 Å². The molecule has 0 aliphatic rings. The van der Waals surface area contributed by atoms with E-state index in [4.69, 9.17) is 4.74 Å². The molecule has 4 nitrogen and oxygen atoms in total. The zero-order chi connectivity index (χ0) is 12.3. The van der Waals surface area contributed by atoms with E-state index in [1.807, 2.05) is 6.07 Å². The highest BCUT2D eigenvalue weighted by Gasteiger charge is 2.06. The van der Waals surface area contributed by atoms with Gasteiger partial charge in [0.25, 0.3) is 5.56 Å². The third-order valence-electron chi connectivity index (χ3n) is 2.33. The van der Waals surface area contributed by atoms with E-state index in [1.54, 1.807) is 18.4 Å². The standard InChI is InChI=1S/C12H14N2O2S/c1-3-9-4-5-10(17-9)12-13-8(7-16-2)6-11(15)14-12/h4-6H,3,7H2,1-2H3,(H,13,14,15). The van der Waals surface area contributed by atoms with Gasteiger partial charge in [0.1, 0.15) is 0 Å². The maximum atomic E-state index is 11.5. The summed E-state index contributed by atoms with van der Waals surface area (Å²) in [7, 11) is 1.59. The van der Waals surface area contributed by atoms with Crippen molar-refractivity contribution in [2.45, 2.75) is 20.0 Å². The number of rotatable bonds is 4. The molecule has 2 rings (SSSR count). The molecule has 0 fully saturated rings. The van der Waals surface area contributed by atoms with Crippen molar-refractivity contribution in [2.24, 2.45) is 0 Å². The molecular formula is C12H14N2O2S. The Labute approximate surface area is 103 Å². The number of nitrogens with one attached hydrogen (secondary N) is 1. The van der Waals surface area contributed by atoms with Gasteiger partial charge in [-0.15, -0.1) is 11.3 Å². The van der Waals surface area contributed by atoms with Gasteiger partial charge in [0.15, 0.2) is 5.82 Å². The minimum atomic E-state index is -0.145. The number of aryl methyl sites for hydroxylation is 1. The van der Waals surface area contributed by atoms with Gasteiger partial charge in [-0.25, -0.2) is 4.98 Å². The van der Waals surface area contributed by atoms with Gasteiger partial charge in [-0.1, -0.05) is 6.92 Å². The molecule has 2 aromatic heterocycles. The molecule has 0 unspecified atom stereocenters. The predicted molar refractivity (Wildman–Crippen MR) is 68.3 cm³/mol. The Morgan fingerprint density at radius 2 is 2.29 bits per heavy atom. The Balaban J connectivity index is 2.40. The first kappa shape index (κ1) is 12.0. The van der Waals surface area contributed by atoms with Crippen molar-refractivity contribution in [3.63, 3.8) is 0 Å². The van der Waals surface area contributed by atoms with E-state index in [-0.39, 0.29) is 5.56 Å². The van der Waals surface area contributed by atoms with Crippen LogP contribution in [0.1, 0.15) is 17.5 Å².